The topological polar surface area (TPSA) is 66.3 Å². The summed E-state index contributed by atoms with van der Waals surface area (Å²) in [6.45, 7) is 3.69. The van der Waals surface area contributed by atoms with Gasteiger partial charge in [0, 0.05) is 63.2 Å². The van der Waals surface area contributed by atoms with Crippen LogP contribution < -0.4 is 5.32 Å². The number of hydrogen-bond acceptors (Lipinski definition) is 4. The fourth-order valence-electron chi connectivity index (χ4n) is 3.24. The highest BCUT2D eigenvalue weighted by atomic mass is 19.1. The zero-order valence-electron chi connectivity index (χ0n) is 15.3. The second-order valence-electron chi connectivity index (χ2n) is 6.67. The lowest BCUT2D eigenvalue weighted by atomic mass is 10.2. The molecule has 3 aromatic rings. The highest BCUT2D eigenvalue weighted by molar-refractivity contribution is 5.89. The number of hydrogen-bond donors (Lipinski definition) is 1. The molecule has 0 radical (unpaired) electrons. The number of rotatable bonds is 4. The molecular weight excluding hydrogens is 359 g/mol. The van der Waals surface area contributed by atoms with Crippen LogP contribution in [0.15, 0.2) is 61.2 Å². The smallest absolute Gasteiger partial charge is 0.321 e. The summed E-state index contributed by atoms with van der Waals surface area (Å²) in [6.07, 6.45) is 6.83. The van der Waals surface area contributed by atoms with Crippen LogP contribution in [0.4, 0.5) is 14.9 Å². The molecule has 1 aromatic carbocycles. The number of halogens is 1. The molecule has 0 saturated carbocycles. The Bertz CT molecular complexity index is 923. The van der Waals surface area contributed by atoms with Crippen LogP contribution >= 0.6 is 0 Å². The largest absolute Gasteiger partial charge is 0.322 e. The molecule has 1 saturated heterocycles. The summed E-state index contributed by atoms with van der Waals surface area (Å²) < 4.78 is 15.8. The van der Waals surface area contributed by atoms with Gasteiger partial charge in [0.05, 0.1) is 0 Å². The number of aromatic nitrogens is 3. The fourth-order valence-corrected chi connectivity index (χ4v) is 3.24. The van der Waals surface area contributed by atoms with Crippen LogP contribution in [0.2, 0.25) is 0 Å². The van der Waals surface area contributed by atoms with E-state index < -0.39 is 5.82 Å². The average Bonchev–Trinajstić information content (AvgIpc) is 3.24. The van der Waals surface area contributed by atoms with Crippen LogP contribution in [0.5, 0.6) is 0 Å². The molecule has 3 heterocycles. The van der Waals surface area contributed by atoms with Gasteiger partial charge in [0.1, 0.15) is 5.69 Å². The Balaban J connectivity index is 1.32. The Kier molecular flexibility index (Phi) is 5.29. The van der Waals surface area contributed by atoms with Crippen molar-refractivity contribution in [3.05, 3.63) is 72.6 Å². The normalized spacial score (nSPS) is 14.8. The van der Waals surface area contributed by atoms with Gasteiger partial charge >= 0.3 is 6.03 Å². The SMILES string of the molecule is O=C(Nc1ccc(-n2cccn2)c(F)c1)N1CCN(Cc2ccncc2)CC1. The van der Waals surface area contributed by atoms with E-state index in [-0.39, 0.29) is 6.03 Å². The summed E-state index contributed by atoms with van der Waals surface area (Å²) in [4.78, 5) is 20.6. The molecule has 1 aliphatic heterocycles. The maximum atomic E-state index is 14.3. The number of anilines is 1. The molecule has 0 atom stereocenters. The van der Waals surface area contributed by atoms with Gasteiger partial charge in [-0.15, -0.1) is 0 Å². The standard InChI is InChI=1S/C20H21FN6O/c21-18-14-17(2-3-19(18)27-9-1-6-23-27)24-20(28)26-12-10-25(11-13-26)15-16-4-7-22-8-5-16/h1-9,14H,10-13,15H2,(H,24,28). The Morgan fingerprint density at radius 2 is 1.86 bits per heavy atom. The number of amides is 2. The number of nitrogens with one attached hydrogen (secondary N) is 1. The van der Waals surface area contributed by atoms with Gasteiger partial charge in [-0.3, -0.25) is 9.88 Å². The Hall–Kier alpha value is -3.26. The van der Waals surface area contributed by atoms with Crippen LogP contribution in [-0.2, 0) is 6.54 Å². The predicted octanol–water partition coefficient (Wildman–Crippen LogP) is 2.76. The number of piperazine rings is 1. The van der Waals surface area contributed by atoms with Gasteiger partial charge < -0.3 is 10.2 Å². The fraction of sp³-hybridized carbons (Fsp3) is 0.250. The quantitative estimate of drug-likeness (QED) is 0.756. The van der Waals surface area contributed by atoms with Crippen molar-refractivity contribution < 1.29 is 9.18 Å². The van der Waals surface area contributed by atoms with Crippen molar-refractivity contribution in [3.63, 3.8) is 0 Å². The molecule has 0 aliphatic carbocycles. The molecule has 1 fully saturated rings. The minimum Gasteiger partial charge on any atom is -0.322 e. The molecule has 7 nitrogen and oxygen atoms in total. The average molecular weight is 380 g/mol. The van der Waals surface area contributed by atoms with Crippen LogP contribution in [-0.4, -0.2) is 56.8 Å². The Morgan fingerprint density at radius 1 is 1.07 bits per heavy atom. The zero-order chi connectivity index (χ0) is 19.3. The first-order valence-electron chi connectivity index (χ1n) is 9.16. The molecule has 1 aliphatic rings. The maximum absolute atomic E-state index is 14.3. The number of pyridine rings is 1. The van der Waals surface area contributed by atoms with Gasteiger partial charge in [0.15, 0.2) is 5.82 Å². The van der Waals surface area contributed by atoms with E-state index in [9.17, 15) is 9.18 Å². The van der Waals surface area contributed by atoms with Gasteiger partial charge in [-0.25, -0.2) is 13.9 Å². The van der Waals surface area contributed by atoms with Crippen molar-refractivity contribution in [3.8, 4) is 5.69 Å². The number of nitrogens with zero attached hydrogens (tertiary/aromatic N) is 5. The molecular formula is C20H21FN6O. The molecule has 28 heavy (non-hydrogen) atoms. The second-order valence-corrected chi connectivity index (χ2v) is 6.67. The third-order valence-corrected chi connectivity index (χ3v) is 4.77. The monoisotopic (exact) mass is 380 g/mol. The molecule has 2 amide bonds. The summed E-state index contributed by atoms with van der Waals surface area (Å²) in [7, 11) is 0. The lowest BCUT2D eigenvalue weighted by Gasteiger charge is -2.34. The van der Waals surface area contributed by atoms with E-state index in [4.69, 9.17) is 0 Å². The van der Waals surface area contributed by atoms with E-state index >= 15 is 0 Å². The van der Waals surface area contributed by atoms with E-state index in [1.165, 1.54) is 16.3 Å². The maximum Gasteiger partial charge on any atom is 0.321 e. The van der Waals surface area contributed by atoms with Crippen molar-refractivity contribution in [2.24, 2.45) is 0 Å². The first-order chi connectivity index (χ1) is 13.7. The summed E-state index contributed by atoms with van der Waals surface area (Å²) in [5.41, 5.74) is 1.98. The number of carbonyl (C=O) groups excluding carboxylic acids is 1. The van der Waals surface area contributed by atoms with Gasteiger partial charge in [-0.2, -0.15) is 5.10 Å². The van der Waals surface area contributed by atoms with Crippen molar-refractivity contribution in [1.29, 1.82) is 0 Å². The van der Waals surface area contributed by atoms with Crippen molar-refractivity contribution in [2.45, 2.75) is 6.54 Å². The molecule has 2 aromatic heterocycles. The number of benzene rings is 1. The van der Waals surface area contributed by atoms with Gasteiger partial charge in [0.2, 0.25) is 0 Å². The molecule has 4 rings (SSSR count). The van der Waals surface area contributed by atoms with Gasteiger partial charge in [0.25, 0.3) is 0 Å². The van der Waals surface area contributed by atoms with Gasteiger partial charge in [-0.05, 0) is 42.0 Å². The molecule has 0 unspecified atom stereocenters. The first kappa shape index (κ1) is 18.1. The lowest BCUT2D eigenvalue weighted by Crippen LogP contribution is -2.49. The van der Waals surface area contributed by atoms with E-state index in [2.05, 4.69) is 20.3 Å². The van der Waals surface area contributed by atoms with E-state index in [0.717, 1.165) is 19.6 Å². The lowest BCUT2D eigenvalue weighted by molar-refractivity contribution is 0.143. The third kappa shape index (κ3) is 4.17. The number of carbonyl (C=O) groups is 1. The van der Waals surface area contributed by atoms with Gasteiger partial charge in [-0.1, -0.05) is 0 Å². The summed E-state index contributed by atoms with van der Waals surface area (Å²) in [5, 5.41) is 6.80. The van der Waals surface area contributed by atoms with Crippen LogP contribution in [0.3, 0.4) is 0 Å². The summed E-state index contributed by atoms with van der Waals surface area (Å²) >= 11 is 0. The van der Waals surface area contributed by atoms with E-state index in [1.807, 2.05) is 12.1 Å². The van der Waals surface area contributed by atoms with Crippen LogP contribution in [0.1, 0.15) is 5.56 Å². The summed E-state index contributed by atoms with van der Waals surface area (Å²) in [6, 6.07) is 10.1. The molecule has 0 spiro atoms. The highest BCUT2D eigenvalue weighted by Crippen LogP contribution is 2.18. The Labute approximate surface area is 162 Å². The minimum absolute atomic E-state index is 0.213. The van der Waals surface area contributed by atoms with Crippen LogP contribution in [0, 0.1) is 5.82 Å². The predicted molar refractivity (Wildman–Crippen MR) is 104 cm³/mol. The van der Waals surface area contributed by atoms with Crippen molar-refractivity contribution in [1.82, 2.24) is 24.6 Å². The summed E-state index contributed by atoms with van der Waals surface area (Å²) in [5.74, 6) is -0.441. The first-order valence-corrected chi connectivity index (χ1v) is 9.16. The van der Waals surface area contributed by atoms with E-state index in [0.29, 0.717) is 24.5 Å². The van der Waals surface area contributed by atoms with Crippen molar-refractivity contribution in [2.75, 3.05) is 31.5 Å². The van der Waals surface area contributed by atoms with Crippen LogP contribution in [0.25, 0.3) is 5.69 Å². The van der Waals surface area contributed by atoms with E-state index in [1.54, 1.807) is 47.9 Å². The highest BCUT2D eigenvalue weighted by Gasteiger charge is 2.21. The third-order valence-electron chi connectivity index (χ3n) is 4.77. The molecule has 8 heteroatoms. The van der Waals surface area contributed by atoms with Crippen molar-refractivity contribution >= 4 is 11.7 Å². The number of urea groups is 1. The zero-order valence-corrected chi connectivity index (χ0v) is 15.3. The molecule has 0 bridgehead atoms. The molecule has 1 N–H and O–H groups in total. The minimum atomic E-state index is -0.441. The molecule has 144 valence electrons. The Morgan fingerprint density at radius 3 is 2.54 bits per heavy atom. The second kappa shape index (κ2) is 8.18.